The van der Waals surface area contributed by atoms with Crippen LogP contribution in [-0.4, -0.2) is 94.4 Å². The summed E-state index contributed by atoms with van der Waals surface area (Å²) in [6, 6.07) is 7.85. The molecule has 6 atom stereocenters. The summed E-state index contributed by atoms with van der Waals surface area (Å²) in [6.45, 7) is 7.76. The molecule has 274 valence electrons. The van der Waals surface area contributed by atoms with Gasteiger partial charge in [0.1, 0.15) is 16.7 Å². The van der Waals surface area contributed by atoms with Gasteiger partial charge in [0.15, 0.2) is 6.10 Å². The average molecular weight is 712 g/mol. The van der Waals surface area contributed by atoms with Crippen LogP contribution >= 0.6 is 11.3 Å². The van der Waals surface area contributed by atoms with E-state index in [0.717, 1.165) is 44.2 Å². The number of nitrogens with zero attached hydrogens (tertiary/aromatic N) is 3. The third-order valence-electron chi connectivity index (χ3n) is 9.86. The highest BCUT2D eigenvalue weighted by atomic mass is 32.1. The zero-order valence-electron chi connectivity index (χ0n) is 30.1. The Hall–Kier alpha value is -3.84. The van der Waals surface area contributed by atoms with E-state index >= 15 is 0 Å². The second-order valence-electron chi connectivity index (χ2n) is 14.3. The van der Waals surface area contributed by atoms with Gasteiger partial charge in [0, 0.05) is 37.9 Å². The number of carbonyl (C=O) groups is 5. The number of piperidine rings is 1. The Kier molecular flexibility index (Phi) is 13.9. The van der Waals surface area contributed by atoms with Gasteiger partial charge in [-0.2, -0.15) is 0 Å². The SMILES string of the molecule is CC(=O)OC(CC(C(C)C)N(C)C(=O)C(NC(=O)[C@H]1CCCCN1C)C1CC1)c1nc(C(=O)NC(Cc2ccccc2)CC(C)C(=O)O)cs1. The maximum absolute atomic E-state index is 14.0. The third-order valence-corrected chi connectivity index (χ3v) is 10.8. The lowest BCUT2D eigenvalue weighted by atomic mass is 9.95. The highest BCUT2D eigenvalue weighted by molar-refractivity contribution is 7.09. The van der Waals surface area contributed by atoms with Crippen LogP contribution in [0.15, 0.2) is 35.7 Å². The number of aromatic nitrogens is 1. The predicted octanol–water partition coefficient (Wildman–Crippen LogP) is 4.45. The fourth-order valence-electron chi connectivity index (χ4n) is 6.76. The molecule has 1 aliphatic heterocycles. The lowest BCUT2D eigenvalue weighted by molar-refractivity contribution is -0.149. The van der Waals surface area contributed by atoms with Gasteiger partial charge in [-0.05, 0) is 69.5 Å². The van der Waals surface area contributed by atoms with Crippen LogP contribution in [0.2, 0.25) is 0 Å². The molecule has 0 bridgehead atoms. The van der Waals surface area contributed by atoms with Crippen molar-refractivity contribution >= 4 is 41.0 Å². The first kappa shape index (κ1) is 39.0. The Morgan fingerprint density at radius 2 is 1.74 bits per heavy atom. The van der Waals surface area contributed by atoms with Gasteiger partial charge < -0.3 is 25.4 Å². The number of ether oxygens (including phenoxy) is 1. The molecule has 4 rings (SSSR count). The number of thiazole rings is 1. The van der Waals surface area contributed by atoms with Crippen molar-refractivity contribution in [3.8, 4) is 0 Å². The van der Waals surface area contributed by atoms with Gasteiger partial charge in [-0.15, -0.1) is 11.3 Å². The lowest BCUT2D eigenvalue weighted by Crippen LogP contribution is -2.56. The van der Waals surface area contributed by atoms with Crippen molar-refractivity contribution < 1.29 is 33.8 Å². The number of aliphatic carboxylic acids is 1. The van der Waals surface area contributed by atoms with E-state index in [1.807, 2.05) is 51.2 Å². The van der Waals surface area contributed by atoms with Crippen molar-refractivity contribution in [3.63, 3.8) is 0 Å². The van der Waals surface area contributed by atoms with E-state index in [-0.39, 0.29) is 54.3 Å². The van der Waals surface area contributed by atoms with Crippen LogP contribution in [0.5, 0.6) is 0 Å². The second kappa shape index (κ2) is 17.9. The molecular weight excluding hydrogens is 659 g/mol. The molecule has 1 aromatic heterocycles. The van der Waals surface area contributed by atoms with Crippen LogP contribution in [0.4, 0.5) is 0 Å². The molecule has 1 saturated heterocycles. The molecule has 5 unspecified atom stereocenters. The van der Waals surface area contributed by atoms with Gasteiger partial charge >= 0.3 is 11.9 Å². The molecule has 0 spiro atoms. The number of nitrogens with one attached hydrogen (secondary N) is 2. The van der Waals surface area contributed by atoms with Gasteiger partial charge in [-0.3, -0.25) is 28.9 Å². The quantitative estimate of drug-likeness (QED) is 0.202. The maximum Gasteiger partial charge on any atom is 0.306 e. The van der Waals surface area contributed by atoms with E-state index in [1.54, 1.807) is 24.3 Å². The number of benzene rings is 1. The molecule has 3 N–H and O–H groups in total. The average Bonchev–Trinajstić information content (AvgIpc) is 3.79. The molecule has 12 nitrogen and oxygen atoms in total. The third kappa shape index (κ3) is 10.8. The zero-order valence-corrected chi connectivity index (χ0v) is 30.9. The van der Waals surface area contributed by atoms with Crippen LogP contribution < -0.4 is 10.6 Å². The van der Waals surface area contributed by atoms with Crippen molar-refractivity contribution in [2.75, 3.05) is 20.6 Å². The number of carboxylic acid groups (broad SMARTS) is 1. The summed E-state index contributed by atoms with van der Waals surface area (Å²) in [7, 11) is 3.68. The highest BCUT2D eigenvalue weighted by Crippen LogP contribution is 2.36. The van der Waals surface area contributed by atoms with Crippen LogP contribution in [0, 0.1) is 17.8 Å². The normalized spacial score (nSPS) is 19.5. The van der Waals surface area contributed by atoms with E-state index in [9.17, 15) is 29.1 Å². The van der Waals surface area contributed by atoms with Gasteiger partial charge in [0.2, 0.25) is 11.8 Å². The molecule has 3 amide bonds. The number of likely N-dealkylation sites (N-methyl/N-ethyl adjacent to an activating group) is 2. The van der Waals surface area contributed by atoms with Crippen molar-refractivity contribution in [3.05, 3.63) is 52.0 Å². The number of esters is 1. The Morgan fingerprint density at radius 3 is 2.34 bits per heavy atom. The van der Waals surface area contributed by atoms with Crippen LogP contribution in [-0.2, 0) is 30.3 Å². The molecule has 1 saturated carbocycles. The number of carboxylic acids is 1. The van der Waals surface area contributed by atoms with Crippen molar-refractivity contribution in [1.82, 2.24) is 25.4 Å². The summed E-state index contributed by atoms with van der Waals surface area (Å²) in [6.07, 6.45) is 4.67. The number of hydrogen-bond donors (Lipinski definition) is 3. The molecule has 2 heterocycles. The topological polar surface area (TPSA) is 158 Å². The molecule has 1 aromatic carbocycles. The monoisotopic (exact) mass is 711 g/mol. The van der Waals surface area contributed by atoms with Crippen LogP contribution in [0.25, 0.3) is 0 Å². The lowest BCUT2D eigenvalue weighted by Gasteiger charge is -2.37. The molecule has 0 radical (unpaired) electrons. The Labute approximate surface area is 299 Å². The number of carbonyl (C=O) groups excluding carboxylic acids is 4. The number of amides is 3. The van der Waals surface area contributed by atoms with Gasteiger partial charge in [0.05, 0.1) is 12.0 Å². The minimum absolute atomic E-state index is 0.0280. The van der Waals surface area contributed by atoms with E-state index in [4.69, 9.17) is 4.74 Å². The fraction of sp³-hybridized carbons (Fsp3) is 0.622. The van der Waals surface area contributed by atoms with E-state index in [2.05, 4.69) is 20.5 Å². The second-order valence-corrected chi connectivity index (χ2v) is 15.2. The van der Waals surface area contributed by atoms with Gasteiger partial charge in [0.25, 0.3) is 5.91 Å². The first-order chi connectivity index (χ1) is 23.7. The summed E-state index contributed by atoms with van der Waals surface area (Å²) in [5, 5.41) is 17.6. The van der Waals surface area contributed by atoms with E-state index in [0.29, 0.717) is 11.4 Å². The Bertz CT molecular complexity index is 1480. The number of likely N-dealkylation sites (tertiary alicyclic amines) is 1. The van der Waals surface area contributed by atoms with E-state index in [1.165, 1.54) is 18.3 Å². The molecule has 2 fully saturated rings. The number of rotatable bonds is 17. The Balaban J connectivity index is 1.48. The van der Waals surface area contributed by atoms with Crippen LogP contribution in [0.1, 0.15) is 99.8 Å². The molecule has 2 aromatic rings. The summed E-state index contributed by atoms with van der Waals surface area (Å²) in [5.74, 6) is -2.80. The summed E-state index contributed by atoms with van der Waals surface area (Å²) in [4.78, 5) is 73.0. The zero-order chi connectivity index (χ0) is 36.5. The minimum Gasteiger partial charge on any atom is -0.481 e. The largest absolute Gasteiger partial charge is 0.481 e. The van der Waals surface area contributed by atoms with Gasteiger partial charge in [-0.25, -0.2) is 4.98 Å². The standard InChI is InChI=1S/C37H53N5O7S/c1-22(2)30(42(6)36(46)32(26-15-16-26)40-34(45)29-14-10-11-17-41(29)5)20-31(49-24(4)43)35-39-28(21-50-35)33(44)38-27(18-23(3)37(47)48)19-25-12-8-7-9-13-25/h7-9,12-13,21-23,26-27,29-32H,10-11,14-20H2,1-6H3,(H,38,44)(H,40,45)(H,47,48)/t23?,27?,29-,30?,31?,32?/m1/s1. The van der Waals surface area contributed by atoms with Crippen molar-refractivity contribution in [2.24, 2.45) is 17.8 Å². The van der Waals surface area contributed by atoms with Crippen molar-refractivity contribution in [1.29, 1.82) is 0 Å². The maximum atomic E-state index is 14.0. The molecule has 1 aliphatic carbocycles. The first-order valence-corrected chi connectivity index (χ1v) is 18.6. The Morgan fingerprint density at radius 1 is 1.04 bits per heavy atom. The summed E-state index contributed by atoms with van der Waals surface area (Å²) in [5.41, 5.74) is 1.10. The summed E-state index contributed by atoms with van der Waals surface area (Å²) >= 11 is 1.19. The number of hydrogen-bond acceptors (Lipinski definition) is 9. The first-order valence-electron chi connectivity index (χ1n) is 17.7. The van der Waals surface area contributed by atoms with Crippen LogP contribution in [0.3, 0.4) is 0 Å². The van der Waals surface area contributed by atoms with Crippen molar-refractivity contribution in [2.45, 2.75) is 109 Å². The molecule has 13 heteroatoms. The minimum atomic E-state index is -0.941. The smallest absolute Gasteiger partial charge is 0.306 e. The highest BCUT2D eigenvalue weighted by Gasteiger charge is 2.42. The van der Waals surface area contributed by atoms with E-state index < -0.39 is 42.0 Å². The predicted molar refractivity (Wildman–Crippen MR) is 190 cm³/mol. The van der Waals surface area contributed by atoms with Gasteiger partial charge in [-0.1, -0.05) is 57.5 Å². The molecule has 2 aliphatic rings. The molecular formula is C37H53N5O7S. The molecule has 50 heavy (non-hydrogen) atoms. The fourth-order valence-corrected chi connectivity index (χ4v) is 7.60. The summed E-state index contributed by atoms with van der Waals surface area (Å²) < 4.78 is 5.75.